The minimum atomic E-state index is -0.880. The van der Waals surface area contributed by atoms with Crippen molar-refractivity contribution in [2.24, 2.45) is 0 Å². The number of hydrogen-bond acceptors (Lipinski definition) is 0. The summed E-state index contributed by atoms with van der Waals surface area (Å²) in [6.07, 6.45) is 0. The molecule has 1 aromatic rings. The molecule has 0 bridgehead atoms. The van der Waals surface area contributed by atoms with Crippen LogP contribution in [0.2, 0.25) is 0 Å². The van der Waals surface area contributed by atoms with Crippen LogP contribution < -0.4 is 0 Å². The zero-order valence-electron chi connectivity index (χ0n) is 6.87. The lowest BCUT2D eigenvalue weighted by Crippen LogP contribution is -2.01. The first-order chi connectivity index (χ1) is 5.52. The molecule has 4 heteroatoms. The van der Waals surface area contributed by atoms with Crippen molar-refractivity contribution in [1.29, 1.82) is 0 Å². The Balaban J connectivity index is 3.28. The fourth-order valence-electron chi connectivity index (χ4n) is 1.10. The summed E-state index contributed by atoms with van der Waals surface area (Å²) >= 11 is 0. The van der Waals surface area contributed by atoms with Crippen LogP contribution in [0, 0.1) is 17.5 Å². The van der Waals surface area contributed by atoms with Gasteiger partial charge in [-0.15, -0.1) is 0 Å². The molecule has 0 aromatic heterocycles. The minimum Gasteiger partial charge on any atom is -0.207 e. The lowest BCUT2D eigenvalue weighted by atomic mass is 9.82. The van der Waals surface area contributed by atoms with Crippen LogP contribution in [0.1, 0.15) is 18.3 Å². The third-order valence-electron chi connectivity index (χ3n) is 1.62. The van der Waals surface area contributed by atoms with E-state index in [-0.39, 0.29) is 11.4 Å². The van der Waals surface area contributed by atoms with Crippen LogP contribution >= 0.6 is 0 Å². The zero-order valence-corrected chi connectivity index (χ0v) is 6.87. The number of halogens is 3. The standard InChI is InChI=1S/C8H8BF3/c1-4(9)8-6(11)2-5(10)3-7(8)12/h2-4H,9H2,1H3. The van der Waals surface area contributed by atoms with Crippen molar-refractivity contribution < 1.29 is 13.2 Å². The summed E-state index contributed by atoms with van der Waals surface area (Å²) in [5, 5.41) is 0. The molecule has 0 amide bonds. The van der Waals surface area contributed by atoms with E-state index in [4.69, 9.17) is 0 Å². The Morgan fingerprint density at radius 3 is 1.92 bits per heavy atom. The molecule has 0 fully saturated rings. The molecule has 1 aromatic carbocycles. The Kier molecular flexibility index (Phi) is 2.45. The molecule has 1 unspecified atom stereocenters. The Labute approximate surface area is 69.8 Å². The van der Waals surface area contributed by atoms with Crippen molar-refractivity contribution >= 4 is 7.85 Å². The molecule has 0 radical (unpaired) electrons. The highest BCUT2D eigenvalue weighted by molar-refractivity contribution is 6.12. The van der Waals surface area contributed by atoms with Crippen LogP contribution in [0.25, 0.3) is 0 Å². The van der Waals surface area contributed by atoms with Gasteiger partial charge in [-0.05, 0) is 5.82 Å². The second-order valence-electron chi connectivity index (χ2n) is 2.94. The molecule has 12 heavy (non-hydrogen) atoms. The maximum absolute atomic E-state index is 12.9. The van der Waals surface area contributed by atoms with E-state index in [2.05, 4.69) is 0 Å². The van der Waals surface area contributed by atoms with E-state index in [1.54, 1.807) is 14.8 Å². The van der Waals surface area contributed by atoms with Gasteiger partial charge in [-0.3, -0.25) is 0 Å². The second-order valence-corrected chi connectivity index (χ2v) is 2.94. The van der Waals surface area contributed by atoms with E-state index in [9.17, 15) is 13.2 Å². The third-order valence-corrected chi connectivity index (χ3v) is 1.62. The van der Waals surface area contributed by atoms with Crippen molar-refractivity contribution in [1.82, 2.24) is 0 Å². The molecule has 1 rings (SSSR count). The predicted octanol–water partition coefficient (Wildman–Crippen LogP) is 1.80. The van der Waals surface area contributed by atoms with E-state index in [1.165, 1.54) is 0 Å². The predicted molar refractivity (Wildman–Crippen MR) is 43.3 cm³/mol. The van der Waals surface area contributed by atoms with Crippen molar-refractivity contribution in [2.75, 3.05) is 0 Å². The first kappa shape index (κ1) is 9.17. The van der Waals surface area contributed by atoms with Gasteiger partial charge in [-0.2, -0.15) is 0 Å². The molecule has 0 aliphatic carbocycles. The summed E-state index contributed by atoms with van der Waals surface area (Å²) in [6.45, 7) is 1.65. The highest BCUT2D eigenvalue weighted by Gasteiger charge is 2.13. The van der Waals surface area contributed by atoms with E-state index in [0.717, 1.165) is 0 Å². The molecule has 0 saturated heterocycles. The summed E-state index contributed by atoms with van der Waals surface area (Å²) in [6, 6.07) is 1.39. The highest BCUT2D eigenvalue weighted by atomic mass is 19.1. The minimum absolute atomic E-state index is 0.0589. The highest BCUT2D eigenvalue weighted by Crippen LogP contribution is 2.20. The van der Waals surface area contributed by atoms with E-state index < -0.39 is 17.5 Å². The van der Waals surface area contributed by atoms with Crippen molar-refractivity contribution in [3.8, 4) is 0 Å². The smallest absolute Gasteiger partial charge is 0.131 e. The Hall–Kier alpha value is -0.925. The van der Waals surface area contributed by atoms with Crippen molar-refractivity contribution in [3.05, 3.63) is 35.1 Å². The maximum atomic E-state index is 12.9. The lowest BCUT2D eigenvalue weighted by Gasteiger charge is -2.07. The van der Waals surface area contributed by atoms with Gasteiger partial charge >= 0.3 is 0 Å². The molecule has 0 aliphatic heterocycles. The van der Waals surface area contributed by atoms with Gasteiger partial charge in [0.15, 0.2) is 0 Å². The maximum Gasteiger partial charge on any atom is 0.131 e. The molecule has 64 valence electrons. The largest absolute Gasteiger partial charge is 0.207 e. The molecule has 0 nitrogen and oxygen atoms in total. The fraction of sp³-hybridized carbons (Fsp3) is 0.250. The van der Waals surface area contributed by atoms with E-state index >= 15 is 0 Å². The molecular formula is C8H8BF3. The summed E-state index contributed by atoms with van der Waals surface area (Å²) in [5.74, 6) is -2.79. The van der Waals surface area contributed by atoms with Gasteiger partial charge < -0.3 is 0 Å². The van der Waals surface area contributed by atoms with Crippen molar-refractivity contribution in [2.45, 2.75) is 12.7 Å². The number of benzene rings is 1. The molecule has 1 atom stereocenters. The first-order valence-corrected chi connectivity index (χ1v) is 3.67. The van der Waals surface area contributed by atoms with Gasteiger partial charge in [0.25, 0.3) is 0 Å². The number of hydrogen-bond donors (Lipinski definition) is 0. The molecule has 0 saturated carbocycles. The van der Waals surface area contributed by atoms with Gasteiger partial charge in [-0.1, -0.05) is 6.92 Å². The van der Waals surface area contributed by atoms with Crippen LogP contribution in [0.4, 0.5) is 13.2 Å². The Morgan fingerprint density at radius 1 is 1.17 bits per heavy atom. The lowest BCUT2D eigenvalue weighted by molar-refractivity contribution is 0.524. The van der Waals surface area contributed by atoms with Crippen molar-refractivity contribution in [3.63, 3.8) is 0 Å². The van der Waals surface area contributed by atoms with Gasteiger partial charge in [-0.25, -0.2) is 13.2 Å². The Bertz CT molecular complexity index is 273. The summed E-state index contributed by atoms with van der Waals surface area (Å²) < 4.78 is 38.2. The quantitative estimate of drug-likeness (QED) is 0.566. The third kappa shape index (κ3) is 1.63. The monoisotopic (exact) mass is 172 g/mol. The van der Waals surface area contributed by atoms with Crippen LogP contribution in [0.3, 0.4) is 0 Å². The van der Waals surface area contributed by atoms with Crippen LogP contribution in [-0.4, -0.2) is 7.85 Å². The van der Waals surface area contributed by atoms with Gasteiger partial charge in [0.05, 0.1) is 0 Å². The normalized spacial score (nSPS) is 13.0. The second kappa shape index (κ2) is 3.21. The van der Waals surface area contributed by atoms with Crippen LogP contribution in [0.15, 0.2) is 12.1 Å². The van der Waals surface area contributed by atoms with Gasteiger partial charge in [0, 0.05) is 17.7 Å². The molecular weight excluding hydrogens is 164 g/mol. The molecule has 0 heterocycles. The summed E-state index contributed by atoms with van der Waals surface area (Å²) in [5.41, 5.74) is -0.0589. The van der Waals surface area contributed by atoms with E-state index in [0.29, 0.717) is 12.1 Å². The average molecular weight is 172 g/mol. The number of rotatable bonds is 1. The van der Waals surface area contributed by atoms with E-state index in [1.807, 2.05) is 0 Å². The average Bonchev–Trinajstić information content (AvgIpc) is 1.82. The SMILES string of the molecule is BC(C)c1c(F)cc(F)cc1F. The molecule has 0 aliphatic rings. The fourth-order valence-corrected chi connectivity index (χ4v) is 1.10. The molecule has 0 N–H and O–H groups in total. The summed E-state index contributed by atoms with van der Waals surface area (Å²) in [7, 11) is 1.65. The van der Waals surface area contributed by atoms with Crippen LogP contribution in [0.5, 0.6) is 0 Å². The first-order valence-electron chi connectivity index (χ1n) is 3.67. The Morgan fingerprint density at radius 2 is 1.58 bits per heavy atom. The van der Waals surface area contributed by atoms with Gasteiger partial charge in [0.2, 0.25) is 0 Å². The zero-order chi connectivity index (χ0) is 9.30. The topological polar surface area (TPSA) is 0 Å². The molecule has 0 spiro atoms. The van der Waals surface area contributed by atoms with Gasteiger partial charge in [0.1, 0.15) is 25.3 Å². The van der Waals surface area contributed by atoms with Crippen LogP contribution in [-0.2, 0) is 0 Å². The summed E-state index contributed by atoms with van der Waals surface area (Å²) in [4.78, 5) is 0.